The van der Waals surface area contributed by atoms with E-state index in [-0.39, 0.29) is 5.91 Å². The van der Waals surface area contributed by atoms with E-state index in [4.69, 9.17) is 19.9 Å². The summed E-state index contributed by atoms with van der Waals surface area (Å²) < 4.78 is 15.9. The van der Waals surface area contributed by atoms with Crippen LogP contribution < -0.4 is 25.3 Å². The van der Waals surface area contributed by atoms with Gasteiger partial charge in [-0.1, -0.05) is 0 Å². The van der Waals surface area contributed by atoms with E-state index in [1.807, 2.05) is 0 Å². The molecule has 0 radical (unpaired) electrons. The highest BCUT2D eigenvalue weighted by molar-refractivity contribution is 5.95. The molecule has 0 bridgehead atoms. The van der Waals surface area contributed by atoms with Crippen LogP contribution in [0, 0.1) is 0 Å². The second-order valence-corrected chi connectivity index (χ2v) is 7.20. The first-order chi connectivity index (χ1) is 14.1. The molecule has 1 aromatic carbocycles. The molecule has 1 aliphatic heterocycles. The number of benzene rings is 1. The summed E-state index contributed by atoms with van der Waals surface area (Å²) in [4.78, 5) is 17.5. The SMILES string of the molecule is COc1cc(C(=O)NCCCN2CCCN(CCCN)CC2)cc(OC)c1OC. The maximum Gasteiger partial charge on any atom is 0.251 e. The number of rotatable bonds is 11. The van der Waals surface area contributed by atoms with Gasteiger partial charge in [0.25, 0.3) is 5.91 Å². The van der Waals surface area contributed by atoms with Gasteiger partial charge in [0, 0.05) is 25.2 Å². The number of nitrogens with two attached hydrogens (primary N) is 1. The molecule has 0 unspecified atom stereocenters. The van der Waals surface area contributed by atoms with E-state index < -0.39 is 0 Å². The van der Waals surface area contributed by atoms with Gasteiger partial charge < -0.3 is 35.1 Å². The highest BCUT2D eigenvalue weighted by atomic mass is 16.5. The maximum absolute atomic E-state index is 12.5. The summed E-state index contributed by atoms with van der Waals surface area (Å²) in [6.07, 6.45) is 3.16. The van der Waals surface area contributed by atoms with Gasteiger partial charge in [0.05, 0.1) is 21.3 Å². The second-order valence-electron chi connectivity index (χ2n) is 7.20. The summed E-state index contributed by atoms with van der Waals surface area (Å²) in [5.41, 5.74) is 6.11. The summed E-state index contributed by atoms with van der Waals surface area (Å²) >= 11 is 0. The smallest absolute Gasteiger partial charge is 0.251 e. The summed E-state index contributed by atoms with van der Waals surface area (Å²) in [5, 5.41) is 2.99. The molecule has 1 amide bonds. The van der Waals surface area contributed by atoms with Crippen molar-refractivity contribution in [2.75, 3.05) is 73.7 Å². The normalized spacial score (nSPS) is 15.6. The van der Waals surface area contributed by atoms with Gasteiger partial charge in [-0.2, -0.15) is 0 Å². The number of hydrogen-bond acceptors (Lipinski definition) is 7. The average Bonchev–Trinajstić information content (AvgIpc) is 2.99. The van der Waals surface area contributed by atoms with Gasteiger partial charge in [0.15, 0.2) is 11.5 Å². The van der Waals surface area contributed by atoms with E-state index in [0.717, 1.165) is 58.7 Å². The fourth-order valence-electron chi connectivity index (χ4n) is 3.61. The predicted molar refractivity (Wildman–Crippen MR) is 114 cm³/mol. The van der Waals surface area contributed by atoms with Crippen LogP contribution >= 0.6 is 0 Å². The van der Waals surface area contributed by atoms with Crippen molar-refractivity contribution < 1.29 is 19.0 Å². The lowest BCUT2D eigenvalue weighted by Crippen LogP contribution is -2.34. The zero-order valence-corrected chi connectivity index (χ0v) is 18.0. The molecule has 8 nitrogen and oxygen atoms in total. The van der Waals surface area contributed by atoms with Crippen LogP contribution in [0.4, 0.5) is 0 Å². The Hall–Kier alpha value is -2.03. The van der Waals surface area contributed by atoms with E-state index in [9.17, 15) is 4.79 Å². The zero-order valence-electron chi connectivity index (χ0n) is 18.0. The molecule has 1 saturated heterocycles. The van der Waals surface area contributed by atoms with Crippen molar-refractivity contribution in [2.45, 2.75) is 19.3 Å². The number of hydrogen-bond donors (Lipinski definition) is 2. The van der Waals surface area contributed by atoms with Gasteiger partial charge in [0.1, 0.15) is 0 Å². The Kier molecular flexibility index (Phi) is 10.0. The number of nitrogens with one attached hydrogen (secondary N) is 1. The first-order valence-corrected chi connectivity index (χ1v) is 10.4. The standard InChI is InChI=1S/C21H36N4O4/c1-27-18-15-17(16-19(28-2)20(18)29-3)21(26)23-8-5-10-25-12-6-11-24(13-14-25)9-4-7-22/h15-16H,4-14,22H2,1-3H3,(H,23,26). The topological polar surface area (TPSA) is 89.3 Å². The fraction of sp³-hybridized carbons (Fsp3) is 0.667. The van der Waals surface area contributed by atoms with Crippen molar-refractivity contribution in [1.82, 2.24) is 15.1 Å². The Bertz CT molecular complexity index is 616. The van der Waals surface area contributed by atoms with E-state index in [0.29, 0.717) is 29.4 Å². The first kappa shape index (κ1) is 23.3. The van der Waals surface area contributed by atoms with Crippen LogP contribution in [0.3, 0.4) is 0 Å². The quantitative estimate of drug-likeness (QED) is 0.532. The molecular formula is C21H36N4O4. The molecule has 1 fully saturated rings. The Morgan fingerprint density at radius 1 is 0.966 bits per heavy atom. The van der Waals surface area contributed by atoms with Crippen LogP contribution in [0.15, 0.2) is 12.1 Å². The zero-order chi connectivity index (χ0) is 21.1. The maximum atomic E-state index is 12.5. The van der Waals surface area contributed by atoms with Gasteiger partial charge in [-0.3, -0.25) is 4.79 Å². The van der Waals surface area contributed by atoms with Crippen LogP contribution in [-0.4, -0.2) is 89.4 Å². The minimum Gasteiger partial charge on any atom is -0.493 e. The van der Waals surface area contributed by atoms with Crippen molar-refractivity contribution in [2.24, 2.45) is 5.73 Å². The van der Waals surface area contributed by atoms with Gasteiger partial charge in [0.2, 0.25) is 5.75 Å². The predicted octanol–water partition coefficient (Wildman–Crippen LogP) is 1.19. The summed E-state index contributed by atoms with van der Waals surface area (Å²) in [5.74, 6) is 1.28. The van der Waals surface area contributed by atoms with Crippen LogP contribution in [0.1, 0.15) is 29.6 Å². The summed E-state index contributed by atoms with van der Waals surface area (Å²) in [7, 11) is 4.62. The Morgan fingerprint density at radius 2 is 1.55 bits per heavy atom. The molecule has 29 heavy (non-hydrogen) atoms. The van der Waals surface area contributed by atoms with Crippen molar-refractivity contribution >= 4 is 5.91 Å². The molecule has 0 atom stereocenters. The van der Waals surface area contributed by atoms with E-state index >= 15 is 0 Å². The Balaban J connectivity index is 1.78. The number of methoxy groups -OCH3 is 3. The van der Waals surface area contributed by atoms with Crippen LogP contribution in [-0.2, 0) is 0 Å². The molecule has 1 aromatic rings. The molecule has 1 aliphatic rings. The largest absolute Gasteiger partial charge is 0.493 e. The molecule has 0 saturated carbocycles. The molecule has 0 aliphatic carbocycles. The highest BCUT2D eigenvalue weighted by Crippen LogP contribution is 2.38. The van der Waals surface area contributed by atoms with Crippen molar-refractivity contribution in [3.8, 4) is 17.2 Å². The molecule has 1 heterocycles. The number of carbonyl (C=O) groups is 1. The van der Waals surface area contributed by atoms with Gasteiger partial charge in [-0.15, -0.1) is 0 Å². The van der Waals surface area contributed by atoms with E-state index in [1.165, 1.54) is 20.6 Å². The lowest BCUT2D eigenvalue weighted by Gasteiger charge is -2.21. The van der Waals surface area contributed by atoms with Crippen molar-refractivity contribution in [3.63, 3.8) is 0 Å². The van der Waals surface area contributed by atoms with Crippen LogP contribution in [0.5, 0.6) is 17.2 Å². The van der Waals surface area contributed by atoms with Crippen LogP contribution in [0.25, 0.3) is 0 Å². The molecule has 3 N–H and O–H groups in total. The average molecular weight is 409 g/mol. The number of ether oxygens (including phenoxy) is 3. The lowest BCUT2D eigenvalue weighted by atomic mass is 10.1. The van der Waals surface area contributed by atoms with E-state index in [2.05, 4.69) is 15.1 Å². The second kappa shape index (κ2) is 12.5. The lowest BCUT2D eigenvalue weighted by molar-refractivity contribution is 0.0951. The molecular weight excluding hydrogens is 372 g/mol. The van der Waals surface area contributed by atoms with Crippen molar-refractivity contribution in [3.05, 3.63) is 17.7 Å². The summed E-state index contributed by atoms with van der Waals surface area (Å²) in [6.45, 7) is 7.89. The number of amides is 1. The van der Waals surface area contributed by atoms with Gasteiger partial charge in [-0.05, 0) is 64.1 Å². The van der Waals surface area contributed by atoms with Gasteiger partial charge >= 0.3 is 0 Å². The first-order valence-electron chi connectivity index (χ1n) is 10.4. The Morgan fingerprint density at radius 3 is 2.07 bits per heavy atom. The van der Waals surface area contributed by atoms with Crippen LogP contribution in [0.2, 0.25) is 0 Å². The molecule has 2 rings (SSSR count). The molecule has 164 valence electrons. The molecule has 8 heteroatoms. The van der Waals surface area contributed by atoms with Crippen molar-refractivity contribution in [1.29, 1.82) is 0 Å². The summed E-state index contributed by atoms with van der Waals surface area (Å²) in [6, 6.07) is 3.34. The third-order valence-corrected chi connectivity index (χ3v) is 5.22. The Labute approximate surface area is 174 Å². The molecule has 0 aromatic heterocycles. The third kappa shape index (κ3) is 7.06. The monoisotopic (exact) mass is 408 g/mol. The minimum absolute atomic E-state index is 0.145. The number of nitrogens with zero attached hydrogens (tertiary/aromatic N) is 2. The van der Waals surface area contributed by atoms with Gasteiger partial charge in [-0.25, -0.2) is 0 Å². The highest BCUT2D eigenvalue weighted by Gasteiger charge is 2.17. The number of carbonyl (C=O) groups excluding carboxylic acids is 1. The molecule has 0 spiro atoms. The third-order valence-electron chi connectivity index (χ3n) is 5.22. The fourth-order valence-corrected chi connectivity index (χ4v) is 3.61. The minimum atomic E-state index is -0.145. The van der Waals surface area contributed by atoms with E-state index in [1.54, 1.807) is 19.2 Å².